The summed E-state index contributed by atoms with van der Waals surface area (Å²) in [7, 11) is 12.6. The minimum atomic E-state index is -1.87. The van der Waals surface area contributed by atoms with Gasteiger partial charge in [-0.2, -0.15) is 0 Å². The van der Waals surface area contributed by atoms with Crippen molar-refractivity contribution >= 4 is 86.5 Å². The van der Waals surface area contributed by atoms with Crippen LogP contribution in [0.2, 0.25) is 5.02 Å². The summed E-state index contributed by atoms with van der Waals surface area (Å²) in [4.78, 5) is 92.2. The van der Waals surface area contributed by atoms with Gasteiger partial charge in [0, 0.05) is 78.1 Å². The molecule has 2 aromatic rings. The quantitative estimate of drug-likeness (QED) is 0.0619. The van der Waals surface area contributed by atoms with Gasteiger partial charge in [0.1, 0.15) is 51.9 Å². The molecule has 10 atom stereocenters. The summed E-state index contributed by atoms with van der Waals surface area (Å²) in [6, 6.07) is 8.26. The number of carbonyl (C=O) groups excluding carboxylic acids is 6. The van der Waals surface area contributed by atoms with E-state index in [0.717, 1.165) is 41.8 Å². The Morgan fingerprint density at radius 3 is 2.47 bits per heavy atom. The lowest BCUT2D eigenvalue weighted by Gasteiger charge is -2.42. The monoisotopic (exact) mass is 1170 g/mol. The van der Waals surface area contributed by atoms with Gasteiger partial charge in [-0.1, -0.05) is 79.5 Å². The number of fused-ring (bicyclic) bond motifs is 5. The molecule has 1 aromatic carbocycles. The molecule has 0 radical (unpaired) electrons. The third kappa shape index (κ3) is 16.7. The third-order valence-corrected chi connectivity index (χ3v) is 19.9. The predicted molar refractivity (Wildman–Crippen MR) is 307 cm³/mol. The molecule has 4 aliphatic rings. The molecule has 19 nitrogen and oxygen atoms in total. The molecule has 1 aromatic heterocycles. The Balaban J connectivity index is 1.06. The number of hydrogen-bond acceptors (Lipinski definition) is 17. The zero-order chi connectivity index (χ0) is 58.0. The fourth-order valence-corrected chi connectivity index (χ4v) is 13.7. The Hall–Kier alpha value is -4.71. The van der Waals surface area contributed by atoms with Gasteiger partial charge < -0.3 is 53.1 Å². The van der Waals surface area contributed by atoms with Crippen LogP contribution in [0.15, 0.2) is 65.4 Å². The van der Waals surface area contributed by atoms with Crippen LogP contribution in [0.1, 0.15) is 98.5 Å². The first-order chi connectivity index (χ1) is 37.3. The van der Waals surface area contributed by atoms with Gasteiger partial charge in [-0.05, 0) is 93.5 Å². The van der Waals surface area contributed by atoms with Crippen LogP contribution in [0.25, 0.3) is 0 Å². The van der Waals surface area contributed by atoms with Crippen molar-refractivity contribution in [1.82, 2.24) is 25.0 Å². The highest BCUT2D eigenvalue weighted by molar-refractivity contribution is 8.76. The highest BCUT2D eigenvalue weighted by Gasteiger charge is 2.64. The number of methoxy groups -OCH3 is 2. The SMILES string of the molecule is COc1cc2cc(c1Cl)N(C)C(=O)C[C@H](OC(=O)[C@H](C)N(C)C(=O)CCC(C)(C)SCC(=O)N(C)CCN(C)C(=O)O[C@H]1CCCC[C@@H]1SSc1ccccn1)[C@]1(C)O[C@H]1[C@H](C)[C@@H]1C[C@@](O)(NC(=O)O1)[C@H](OC)/C=C/C=C(\C)C2. The van der Waals surface area contributed by atoms with E-state index in [9.17, 15) is 33.9 Å². The van der Waals surface area contributed by atoms with E-state index in [1.807, 2.05) is 45.0 Å². The number of benzene rings is 1. The number of nitrogens with zero attached hydrogens (tertiary/aromatic N) is 5. The number of aliphatic hydroxyl groups is 1. The molecule has 6 rings (SSSR count). The summed E-state index contributed by atoms with van der Waals surface area (Å²) in [6.07, 6.45) is 5.93. The van der Waals surface area contributed by atoms with Gasteiger partial charge in [0.15, 0.2) is 5.72 Å². The maximum Gasteiger partial charge on any atom is 0.409 e. The Morgan fingerprint density at radius 2 is 1.77 bits per heavy atom. The van der Waals surface area contributed by atoms with Crippen molar-refractivity contribution in [3.05, 3.63) is 70.9 Å². The van der Waals surface area contributed by atoms with Crippen molar-refractivity contribution in [2.45, 2.75) is 162 Å². The molecule has 3 aliphatic heterocycles. The number of thioether (sulfide) groups is 1. The van der Waals surface area contributed by atoms with E-state index in [2.05, 4.69) is 10.3 Å². The number of epoxide rings is 1. The molecule has 2 saturated heterocycles. The second-order valence-corrected chi connectivity index (χ2v) is 26.3. The lowest BCUT2D eigenvalue weighted by atomic mass is 9.83. The number of allylic oxidation sites excluding steroid dienone is 3. The highest BCUT2D eigenvalue weighted by Crippen LogP contribution is 2.49. The van der Waals surface area contributed by atoms with E-state index in [0.29, 0.717) is 30.8 Å². The number of nitrogens with one attached hydrogen (secondary N) is 1. The molecule has 1 saturated carbocycles. The van der Waals surface area contributed by atoms with Crippen LogP contribution in [-0.4, -0.2) is 180 Å². The number of anilines is 1. The zero-order valence-corrected chi connectivity index (χ0v) is 50.7. The molecular formula is C56H79ClN6O13S3. The van der Waals surface area contributed by atoms with Gasteiger partial charge in [-0.3, -0.25) is 19.7 Å². The Kier molecular flexibility index (Phi) is 22.4. The molecule has 5 amide bonds. The van der Waals surface area contributed by atoms with Crippen LogP contribution < -0.4 is 15.0 Å². The van der Waals surface area contributed by atoms with E-state index in [1.165, 1.54) is 47.7 Å². The minimum Gasteiger partial charge on any atom is -0.495 e. The first-order valence-electron chi connectivity index (χ1n) is 26.7. The average molecular weight is 1180 g/mol. The van der Waals surface area contributed by atoms with Crippen molar-refractivity contribution in [2.75, 3.05) is 66.2 Å². The lowest BCUT2D eigenvalue weighted by molar-refractivity contribution is -0.162. The summed E-state index contributed by atoms with van der Waals surface area (Å²) >= 11 is 8.26. The summed E-state index contributed by atoms with van der Waals surface area (Å²) in [5.41, 5.74) is -1.11. The van der Waals surface area contributed by atoms with E-state index in [-0.39, 0.29) is 59.8 Å². The van der Waals surface area contributed by atoms with E-state index >= 15 is 0 Å². The van der Waals surface area contributed by atoms with Crippen LogP contribution in [0.5, 0.6) is 5.75 Å². The third-order valence-electron chi connectivity index (χ3n) is 15.3. The second-order valence-electron chi connectivity index (χ2n) is 21.8. The molecule has 2 N–H and O–H groups in total. The number of aromatic nitrogens is 1. The topological polar surface area (TPSA) is 219 Å². The number of halogens is 1. The number of alkyl carbamates (subject to hydrolysis) is 1. The molecule has 0 unspecified atom stereocenters. The van der Waals surface area contributed by atoms with Crippen molar-refractivity contribution in [1.29, 1.82) is 0 Å². The molecule has 3 fully saturated rings. The van der Waals surface area contributed by atoms with Gasteiger partial charge in [0.2, 0.25) is 17.7 Å². The van der Waals surface area contributed by atoms with Crippen LogP contribution in [-0.2, 0) is 49.3 Å². The fraction of sp³-hybridized carbons (Fsp3) is 0.625. The van der Waals surface area contributed by atoms with E-state index in [4.69, 9.17) is 40.0 Å². The molecule has 4 bridgehead atoms. The van der Waals surface area contributed by atoms with E-state index < -0.39 is 76.5 Å². The number of ether oxygens (including phenoxy) is 6. The Bertz CT molecular complexity index is 2560. The smallest absolute Gasteiger partial charge is 0.409 e. The number of rotatable bonds is 18. The summed E-state index contributed by atoms with van der Waals surface area (Å²) in [5.74, 6) is -1.81. The van der Waals surface area contributed by atoms with Gasteiger partial charge in [-0.25, -0.2) is 19.4 Å². The molecule has 23 heteroatoms. The number of amides is 5. The normalized spacial score (nSPS) is 27.8. The number of esters is 1. The maximum atomic E-state index is 14.4. The van der Waals surface area contributed by atoms with Gasteiger partial charge in [0.05, 0.1) is 36.3 Å². The summed E-state index contributed by atoms with van der Waals surface area (Å²) in [6.45, 7) is 11.4. The summed E-state index contributed by atoms with van der Waals surface area (Å²) in [5, 5.41) is 15.7. The Morgan fingerprint density at radius 1 is 1.05 bits per heavy atom. The van der Waals surface area contributed by atoms with Crippen LogP contribution >= 0.6 is 45.0 Å². The molecule has 1 aliphatic carbocycles. The van der Waals surface area contributed by atoms with Crippen LogP contribution in [0.3, 0.4) is 0 Å². The van der Waals surface area contributed by atoms with Crippen molar-refractivity contribution in [3.63, 3.8) is 0 Å². The molecule has 436 valence electrons. The van der Waals surface area contributed by atoms with Crippen LogP contribution in [0.4, 0.5) is 15.3 Å². The van der Waals surface area contributed by atoms with Crippen LogP contribution in [0, 0.1) is 5.92 Å². The van der Waals surface area contributed by atoms with Gasteiger partial charge >= 0.3 is 18.2 Å². The standard InChI is InChI=1S/C56H79ClN6O13S3/c1-34-18-17-21-43(72-12)56(70)32-41(73-52(68)59-56)35(2)50-55(6,76-50)44(31-47(65)63(10)38-29-37(28-34)30-40(71-11)49(38)57)75-51(67)36(3)62(9)46(64)23-24-54(4,5)77-33-48(66)60(7)26-27-61(8)53(69)74-39-19-13-14-20-42(39)78-79-45-22-15-16-25-58-45/h15-18,21-22,25,29-30,35-36,39,41-44,50,70H,13-14,19-20,23-24,26-28,31-33H2,1-12H3,(H,59,68)/b21-17+,34-18+/t35-,36+,39+,41+,42+,43-,44+,50+,55+,56+/m1/s1. The number of likely N-dealkylation sites (N-methyl/N-ethyl adjacent to an activating group) is 3. The fourth-order valence-electron chi connectivity index (χ4n) is 9.79. The first kappa shape index (κ1) is 63.5. The zero-order valence-electron chi connectivity index (χ0n) is 47.5. The summed E-state index contributed by atoms with van der Waals surface area (Å²) < 4.78 is 35.1. The number of carbonyl (C=O) groups is 6. The lowest BCUT2D eigenvalue weighted by Crippen LogP contribution is -2.63. The second kappa shape index (κ2) is 27.8. The molecule has 0 spiro atoms. The average Bonchev–Trinajstić information content (AvgIpc) is 4.16. The molecular weight excluding hydrogens is 1100 g/mol. The van der Waals surface area contributed by atoms with Crippen molar-refractivity contribution < 1.29 is 62.3 Å². The number of hydrogen-bond donors (Lipinski definition) is 2. The Labute approximate surface area is 482 Å². The number of pyridine rings is 1. The molecule has 79 heavy (non-hydrogen) atoms. The highest BCUT2D eigenvalue weighted by atomic mass is 35.5. The minimum absolute atomic E-state index is 0.0556. The predicted octanol–water partition coefficient (Wildman–Crippen LogP) is 8.48. The van der Waals surface area contributed by atoms with Crippen molar-refractivity contribution in [3.8, 4) is 5.75 Å². The first-order valence-corrected chi connectivity index (χ1v) is 30.3. The maximum absolute atomic E-state index is 14.4. The largest absolute Gasteiger partial charge is 0.495 e. The van der Waals surface area contributed by atoms with Crippen molar-refractivity contribution in [2.24, 2.45) is 5.92 Å². The molecule has 4 heterocycles. The van der Waals surface area contributed by atoms with Gasteiger partial charge in [-0.15, -0.1) is 11.8 Å². The van der Waals surface area contributed by atoms with E-state index in [1.54, 1.807) is 98.9 Å². The van der Waals surface area contributed by atoms with Gasteiger partial charge in [0.25, 0.3) is 0 Å².